The molecule has 0 atom stereocenters. The number of rotatable bonds is 7. The monoisotopic (exact) mass is 984 g/mol. The van der Waals surface area contributed by atoms with Crippen LogP contribution in [0.3, 0.4) is 0 Å². The summed E-state index contributed by atoms with van der Waals surface area (Å²) in [6.07, 6.45) is 1.88. The van der Waals surface area contributed by atoms with E-state index in [2.05, 4.69) is 185 Å². The molecule has 0 N–H and O–H groups in total. The van der Waals surface area contributed by atoms with Crippen LogP contribution in [-0.4, -0.2) is 14.5 Å². The van der Waals surface area contributed by atoms with Crippen molar-refractivity contribution >= 4 is 33.0 Å². The van der Waals surface area contributed by atoms with E-state index in [1.54, 1.807) is 0 Å². The van der Waals surface area contributed by atoms with E-state index in [4.69, 9.17) is 9.40 Å². The Morgan fingerprint density at radius 2 is 1.23 bits per heavy atom. The molecule has 0 unspecified atom stereocenters. The van der Waals surface area contributed by atoms with Crippen molar-refractivity contribution in [3.8, 4) is 50.6 Å². The smallest absolute Gasteiger partial charge is 0.120 e. The summed E-state index contributed by atoms with van der Waals surface area (Å²) in [6.45, 7) is 15.4. The SMILES string of the molecule is Cc1c[c-]c(-c2ccc(C)cn2)cc1.Cc1c[c-]c(-c2nc3ccccc3n2-c2c(C(C)C)cc(-c3ccc(-c4ccccc4)cc3)cc2C(C)C)c2oc3ccccc3c12.[Ir]. The van der Waals surface area contributed by atoms with E-state index in [0.717, 1.165) is 61.2 Å². The molecule has 10 aromatic rings. The number of fused-ring (bicyclic) bond motifs is 4. The van der Waals surface area contributed by atoms with Crippen LogP contribution in [0, 0.1) is 32.9 Å². The maximum atomic E-state index is 6.60. The van der Waals surface area contributed by atoms with Gasteiger partial charge in [0.2, 0.25) is 0 Å². The van der Waals surface area contributed by atoms with E-state index >= 15 is 0 Å². The second-order valence-corrected chi connectivity index (χ2v) is 16.7. The van der Waals surface area contributed by atoms with Gasteiger partial charge in [-0.3, -0.25) is 4.98 Å². The Morgan fingerprint density at radius 3 is 1.89 bits per heavy atom. The molecule has 3 heterocycles. The Balaban J connectivity index is 0.000000300. The maximum Gasteiger partial charge on any atom is 0.120 e. The molecule has 1 radical (unpaired) electrons. The van der Waals surface area contributed by atoms with Crippen LogP contribution in [0.4, 0.5) is 0 Å². The summed E-state index contributed by atoms with van der Waals surface area (Å²) in [7, 11) is 0. The molecule has 62 heavy (non-hydrogen) atoms. The zero-order valence-electron chi connectivity index (χ0n) is 36.2. The summed E-state index contributed by atoms with van der Waals surface area (Å²) in [5, 5.41) is 2.24. The first-order valence-corrected chi connectivity index (χ1v) is 21.2. The van der Waals surface area contributed by atoms with Gasteiger partial charge >= 0.3 is 0 Å². The van der Waals surface area contributed by atoms with Crippen LogP contribution >= 0.6 is 0 Å². The van der Waals surface area contributed by atoms with E-state index in [0.29, 0.717) is 0 Å². The van der Waals surface area contributed by atoms with Crippen LogP contribution in [0.1, 0.15) is 67.3 Å². The molecule has 0 saturated heterocycles. The van der Waals surface area contributed by atoms with Crippen LogP contribution in [-0.2, 0) is 20.1 Å². The number of nitrogens with zero attached hydrogens (tertiary/aromatic N) is 3. The molecule has 10 rings (SSSR count). The maximum absolute atomic E-state index is 6.60. The average Bonchev–Trinajstić information content (AvgIpc) is 3.87. The molecule has 0 aliphatic carbocycles. The fourth-order valence-corrected chi connectivity index (χ4v) is 8.28. The summed E-state index contributed by atoms with van der Waals surface area (Å²) in [5.74, 6) is 1.39. The summed E-state index contributed by atoms with van der Waals surface area (Å²) >= 11 is 0. The summed E-state index contributed by atoms with van der Waals surface area (Å²) < 4.78 is 8.97. The molecule has 5 heteroatoms. The Hall–Kier alpha value is -6.39. The molecule has 0 fully saturated rings. The molecular weight excluding hydrogens is 935 g/mol. The quantitative estimate of drug-likeness (QED) is 0.149. The second kappa shape index (κ2) is 17.9. The molecule has 309 valence electrons. The van der Waals surface area contributed by atoms with Crippen molar-refractivity contribution < 1.29 is 24.5 Å². The molecule has 3 aromatic heterocycles. The minimum atomic E-state index is 0. The fraction of sp³-hybridized carbons (Fsp3) is 0.158. The first-order chi connectivity index (χ1) is 29.6. The minimum Gasteiger partial charge on any atom is -0.501 e. The van der Waals surface area contributed by atoms with Crippen molar-refractivity contribution in [3.05, 3.63) is 198 Å². The van der Waals surface area contributed by atoms with Crippen molar-refractivity contribution in [2.75, 3.05) is 0 Å². The van der Waals surface area contributed by atoms with Gasteiger partial charge in [0.25, 0.3) is 0 Å². The van der Waals surface area contributed by atoms with Gasteiger partial charge in [-0.15, -0.1) is 53.1 Å². The van der Waals surface area contributed by atoms with Crippen molar-refractivity contribution in [1.29, 1.82) is 0 Å². The summed E-state index contributed by atoms with van der Waals surface area (Å²) in [6, 6.07) is 60.1. The number of para-hydroxylation sites is 3. The zero-order chi connectivity index (χ0) is 42.2. The molecule has 0 bridgehead atoms. The zero-order valence-corrected chi connectivity index (χ0v) is 38.6. The Bertz CT molecular complexity index is 3070. The van der Waals surface area contributed by atoms with E-state index in [1.807, 2.05) is 43.5 Å². The normalized spacial score (nSPS) is 11.3. The molecule has 7 aromatic carbocycles. The second-order valence-electron chi connectivity index (χ2n) is 16.7. The fourth-order valence-electron chi connectivity index (χ4n) is 8.28. The van der Waals surface area contributed by atoms with Gasteiger partial charge in [-0.2, -0.15) is 0 Å². The first kappa shape index (κ1) is 42.3. The third-order valence-electron chi connectivity index (χ3n) is 11.6. The van der Waals surface area contributed by atoms with Gasteiger partial charge in [0.1, 0.15) is 5.58 Å². The van der Waals surface area contributed by atoms with Crippen molar-refractivity contribution in [1.82, 2.24) is 14.5 Å². The standard InChI is InChI=1S/C44H37N2O.C13H12N.Ir/c1-27(2)36-25-33(32-22-20-31(21-23-32)30-13-7-6-8-14-30)26-37(28(3)4)42(36)46-39-17-11-10-16-38(39)45-44(46)35-24-19-29(5)41-34-15-9-12-18-40(34)47-43(35)41;1-10-3-6-12(7-4-10)13-8-5-11(2)9-14-13;/h6-23,25-28H,1-5H3;3-6,8-9H,1-2H3;/q2*-1;. The molecule has 4 nitrogen and oxygen atoms in total. The molecule has 0 saturated carbocycles. The number of hydrogen-bond donors (Lipinski definition) is 0. The molecule has 0 aliphatic rings. The van der Waals surface area contributed by atoms with Gasteiger partial charge in [-0.1, -0.05) is 150 Å². The van der Waals surface area contributed by atoms with Gasteiger partial charge in [-0.05, 0) is 93.7 Å². The van der Waals surface area contributed by atoms with Gasteiger partial charge < -0.3 is 14.0 Å². The Labute approximate surface area is 378 Å². The molecule has 0 aliphatic heterocycles. The van der Waals surface area contributed by atoms with Crippen LogP contribution in [0.25, 0.3) is 83.6 Å². The van der Waals surface area contributed by atoms with Gasteiger partial charge in [0.05, 0.1) is 22.4 Å². The van der Waals surface area contributed by atoms with Gasteiger partial charge in [0, 0.05) is 37.4 Å². The van der Waals surface area contributed by atoms with Crippen LogP contribution < -0.4 is 0 Å². The van der Waals surface area contributed by atoms with Crippen molar-refractivity contribution in [3.63, 3.8) is 0 Å². The summed E-state index contributed by atoms with van der Waals surface area (Å²) in [5.41, 5.74) is 18.9. The third-order valence-corrected chi connectivity index (χ3v) is 11.6. The predicted molar refractivity (Wildman–Crippen MR) is 254 cm³/mol. The predicted octanol–water partition coefficient (Wildman–Crippen LogP) is 15.4. The van der Waals surface area contributed by atoms with Gasteiger partial charge in [-0.25, -0.2) is 0 Å². The Kier molecular flexibility index (Phi) is 12.2. The largest absolute Gasteiger partial charge is 0.501 e. The van der Waals surface area contributed by atoms with Crippen molar-refractivity contribution in [2.24, 2.45) is 0 Å². The topological polar surface area (TPSA) is 43.9 Å². The number of aryl methyl sites for hydroxylation is 3. The van der Waals surface area contributed by atoms with E-state index in [9.17, 15) is 0 Å². The van der Waals surface area contributed by atoms with E-state index < -0.39 is 0 Å². The van der Waals surface area contributed by atoms with E-state index in [1.165, 1.54) is 50.2 Å². The molecular formula is C57H49IrN3O-2. The number of hydrogen-bond acceptors (Lipinski definition) is 3. The van der Waals surface area contributed by atoms with Crippen LogP contribution in [0.5, 0.6) is 0 Å². The summed E-state index contributed by atoms with van der Waals surface area (Å²) in [4.78, 5) is 9.65. The Morgan fingerprint density at radius 1 is 0.597 bits per heavy atom. The van der Waals surface area contributed by atoms with Gasteiger partial charge in [0.15, 0.2) is 0 Å². The number of furan rings is 1. The minimum absolute atomic E-state index is 0. The number of benzene rings is 7. The molecule has 0 amide bonds. The van der Waals surface area contributed by atoms with Crippen molar-refractivity contribution in [2.45, 2.75) is 60.3 Å². The van der Waals surface area contributed by atoms with E-state index in [-0.39, 0.29) is 31.9 Å². The number of aromatic nitrogens is 3. The number of pyridine rings is 1. The third kappa shape index (κ3) is 8.19. The average molecular weight is 984 g/mol. The van der Waals surface area contributed by atoms with Crippen LogP contribution in [0.2, 0.25) is 0 Å². The first-order valence-electron chi connectivity index (χ1n) is 21.2. The van der Waals surface area contributed by atoms with Crippen LogP contribution in [0.15, 0.2) is 162 Å². The number of imidazole rings is 1. The molecule has 0 spiro atoms.